The Labute approximate surface area is 149 Å². The monoisotopic (exact) mass is 354 g/mol. The number of pyridine rings is 1. The average Bonchev–Trinajstić information content (AvgIpc) is 2.58. The summed E-state index contributed by atoms with van der Waals surface area (Å²) < 4.78 is 1.58. The third kappa shape index (κ3) is 3.35. The summed E-state index contributed by atoms with van der Waals surface area (Å²) in [5.41, 5.74) is 2.23. The third-order valence-corrected chi connectivity index (χ3v) is 4.15. The summed E-state index contributed by atoms with van der Waals surface area (Å²) in [5.74, 6) is 0. The molecule has 2 aromatic carbocycles. The minimum absolute atomic E-state index is 0.106. The fraction of sp³-hybridized carbons (Fsp3) is 0.0526. The van der Waals surface area contributed by atoms with Crippen molar-refractivity contribution in [2.75, 3.05) is 0 Å². The van der Waals surface area contributed by atoms with E-state index in [0.29, 0.717) is 16.6 Å². The van der Waals surface area contributed by atoms with Gasteiger partial charge in [0.2, 0.25) is 0 Å². The number of hydrogen-bond acceptors (Lipinski definition) is 2. The number of benzene rings is 2. The lowest BCUT2D eigenvalue weighted by atomic mass is 10.1. The lowest BCUT2D eigenvalue weighted by Gasteiger charge is -2.14. The summed E-state index contributed by atoms with van der Waals surface area (Å²) in [5, 5.41) is 10.4. The molecule has 0 aliphatic heterocycles. The second-order valence-electron chi connectivity index (χ2n) is 5.27. The Balaban J connectivity index is 2.16. The van der Waals surface area contributed by atoms with Gasteiger partial charge in [-0.3, -0.25) is 4.79 Å². The predicted octanol–water partition coefficient (Wildman–Crippen LogP) is 4.74. The second kappa shape index (κ2) is 6.92. The zero-order valence-corrected chi connectivity index (χ0v) is 14.1. The van der Waals surface area contributed by atoms with Gasteiger partial charge in [-0.1, -0.05) is 47.5 Å². The van der Waals surface area contributed by atoms with Crippen molar-refractivity contribution in [2.45, 2.75) is 6.54 Å². The van der Waals surface area contributed by atoms with E-state index in [1.165, 1.54) is 0 Å². The highest BCUT2D eigenvalue weighted by atomic mass is 35.5. The van der Waals surface area contributed by atoms with Crippen LogP contribution in [0, 0.1) is 11.3 Å². The third-order valence-electron chi connectivity index (χ3n) is 3.66. The molecule has 118 valence electrons. The van der Waals surface area contributed by atoms with Crippen LogP contribution in [-0.2, 0) is 6.54 Å². The number of halogens is 2. The highest BCUT2D eigenvalue weighted by molar-refractivity contribution is 6.30. The minimum atomic E-state index is -0.329. The van der Waals surface area contributed by atoms with Crippen LogP contribution in [0.25, 0.3) is 11.3 Å². The molecule has 0 atom stereocenters. The maximum absolute atomic E-state index is 12.6. The van der Waals surface area contributed by atoms with Crippen molar-refractivity contribution < 1.29 is 0 Å². The lowest BCUT2D eigenvalue weighted by molar-refractivity contribution is 0.765. The summed E-state index contributed by atoms with van der Waals surface area (Å²) in [4.78, 5) is 12.6. The van der Waals surface area contributed by atoms with Crippen LogP contribution in [0.4, 0.5) is 0 Å². The zero-order valence-electron chi connectivity index (χ0n) is 12.5. The lowest BCUT2D eigenvalue weighted by Crippen LogP contribution is -2.24. The van der Waals surface area contributed by atoms with Crippen LogP contribution in [0.3, 0.4) is 0 Å². The van der Waals surface area contributed by atoms with Gasteiger partial charge in [-0.25, -0.2) is 0 Å². The van der Waals surface area contributed by atoms with E-state index in [1.807, 2.05) is 30.3 Å². The minimum Gasteiger partial charge on any atom is -0.303 e. The Hall–Kier alpha value is -2.54. The van der Waals surface area contributed by atoms with Gasteiger partial charge in [-0.05, 0) is 47.5 Å². The molecule has 1 heterocycles. The van der Waals surface area contributed by atoms with Crippen LogP contribution in [-0.4, -0.2) is 4.57 Å². The molecule has 0 spiro atoms. The summed E-state index contributed by atoms with van der Waals surface area (Å²) >= 11 is 12.0. The highest BCUT2D eigenvalue weighted by Crippen LogP contribution is 2.22. The molecule has 24 heavy (non-hydrogen) atoms. The van der Waals surface area contributed by atoms with Crippen LogP contribution in [0.1, 0.15) is 11.1 Å². The van der Waals surface area contributed by atoms with Gasteiger partial charge < -0.3 is 4.57 Å². The first-order chi connectivity index (χ1) is 11.6. The normalized spacial score (nSPS) is 10.4. The van der Waals surface area contributed by atoms with Gasteiger partial charge in [0, 0.05) is 10.0 Å². The molecule has 0 amide bonds. The van der Waals surface area contributed by atoms with Crippen LogP contribution in [0.2, 0.25) is 10.0 Å². The van der Waals surface area contributed by atoms with Gasteiger partial charge in [0.1, 0.15) is 11.6 Å². The quantitative estimate of drug-likeness (QED) is 0.681. The molecule has 0 aliphatic carbocycles. The molecule has 0 saturated carbocycles. The standard InChI is InChI=1S/C19H12Cl2N2O/c20-16-7-4-14(5-8-16)18-9-6-15(11-22)19(24)23(18)12-13-2-1-3-17(21)10-13/h1-10H,12H2. The predicted molar refractivity (Wildman–Crippen MR) is 96.4 cm³/mol. The first-order valence-corrected chi connectivity index (χ1v) is 7.98. The Morgan fingerprint density at radius 1 is 0.958 bits per heavy atom. The van der Waals surface area contributed by atoms with E-state index < -0.39 is 0 Å². The van der Waals surface area contributed by atoms with Crippen LogP contribution < -0.4 is 5.56 Å². The molecule has 5 heteroatoms. The molecule has 0 radical (unpaired) electrons. The largest absolute Gasteiger partial charge is 0.303 e. The fourth-order valence-corrected chi connectivity index (χ4v) is 2.85. The maximum atomic E-state index is 12.6. The van der Waals surface area contributed by atoms with E-state index in [9.17, 15) is 4.79 Å². The molecule has 0 fully saturated rings. The van der Waals surface area contributed by atoms with Gasteiger partial charge in [0.25, 0.3) is 5.56 Å². The van der Waals surface area contributed by atoms with Crippen molar-refractivity contribution in [2.24, 2.45) is 0 Å². The van der Waals surface area contributed by atoms with E-state index >= 15 is 0 Å². The summed E-state index contributed by atoms with van der Waals surface area (Å²) in [6.07, 6.45) is 0. The Morgan fingerprint density at radius 2 is 1.71 bits per heavy atom. The summed E-state index contributed by atoms with van der Waals surface area (Å²) in [6, 6.07) is 19.8. The molecule has 1 aromatic heterocycles. The van der Waals surface area contributed by atoms with Crippen molar-refractivity contribution in [1.29, 1.82) is 5.26 Å². The van der Waals surface area contributed by atoms with E-state index in [-0.39, 0.29) is 11.1 Å². The van der Waals surface area contributed by atoms with Gasteiger partial charge in [0.15, 0.2) is 0 Å². The first kappa shape index (κ1) is 16.3. The molecule has 3 rings (SSSR count). The molecule has 0 bridgehead atoms. The van der Waals surface area contributed by atoms with Gasteiger partial charge >= 0.3 is 0 Å². The van der Waals surface area contributed by atoms with E-state index in [0.717, 1.165) is 16.8 Å². The topological polar surface area (TPSA) is 45.8 Å². The van der Waals surface area contributed by atoms with Crippen LogP contribution in [0.5, 0.6) is 0 Å². The molecule has 3 aromatic rings. The second-order valence-corrected chi connectivity index (χ2v) is 6.15. The number of hydrogen-bond donors (Lipinski definition) is 0. The number of nitrogens with zero attached hydrogens (tertiary/aromatic N) is 2. The van der Waals surface area contributed by atoms with Gasteiger partial charge in [-0.2, -0.15) is 5.26 Å². The van der Waals surface area contributed by atoms with E-state index in [4.69, 9.17) is 28.5 Å². The number of rotatable bonds is 3. The molecule has 0 unspecified atom stereocenters. The average molecular weight is 355 g/mol. The molecular weight excluding hydrogens is 343 g/mol. The van der Waals surface area contributed by atoms with Crippen molar-refractivity contribution >= 4 is 23.2 Å². The summed E-state index contributed by atoms with van der Waals surface area (Å²) in [6.45, 7) is 0.326. The van der Waals surface area contributed by atoms with Crippen molar-refractivity contribution in [3.8, 4) is 17.3 Å². The van der Waals surface area contributed by atoms with Crippen LogP contribution >= 0.6 is 23.2 Å². The van der Waals surface area contributed by atoms with Crippen molar-refractivity contribution in [3.05, 3.63) is 92.2 Å². The number of nitriles is 1. The van der Waals surface area contributed by atoms with Crippen molar-refractivity contribution in [1.82, 2.24) is 4.57 Å². The summed E-state index contributed by atoms with van der Waals surface area (Å²) in [7, 11) is 0. The molecular formula is C19H12Cl2N2O. The Kier molecular flexibility index (Phi) is 4.71. The van der Waals surface area contributed by atoms with Gasteiger partial charge in [0.05, 0.1) is 12.2 Å². The Morgan fingerprint density at radius 3 is 2.38 bits per heavy atom. The SMILES string of the molecule is N#Cc1ccc(-c2ccc(Cl)cc2)n(Cc2cccc(Cl)c2)c1=O. The first-order valence-electron chi connectivity index (χ1n) is 7.23. The molecule has 0 aliphatic rings. The van der Waals surface area contributed by atoms with E-state index in [2.05, 4.69) is 0 Å². The fourth-order valence-electron chi connectivity index (χ4n) is 2.51. The molecule has 3 nitrogen and oxygen atoms in total. The van der Waals surface area contributed by atoms with E-state index in [1.54, 1.807) is 41.0 Å². The smallest absolute Gasteiger partial charge is 0.269 e. The zero-order chi connectivity index (χ0) is 17.1. The maximum Gasteiger partial charge on any atom is 0.269 e. The molecule has 0 N–H and O–H groups in total. The Bertz CT molecular complexity index is 985. The number of aromatic nitrogens is 1. The van der Waals surface area contributed by atoms with Gasteiger partial charge in [-0.15, -0.1) is 0 Å². The van der Waals surface area contributed by atoms with Crippen molar-refractivity contribution in [3.63, 3.8) is 0 Å². The molecule has 0 saturated heterocycles. The van der Waals surface area contributed by atoms with Crippen LogP contribution in [0.15, 0.2) is 65.5 Å². The highest BCUT2D eigenvalue weighted by Gasteiger charge is 2.11.